The van der Waals surface area contributed by atoms with Crippen molar-refractivity contribution in [2.45, 2.75) is 19.8 Å². The molecule has 0 radical (unpaired) electrons. The summed E-state index contributed by atoms with van der Waals surface area (Å²) < 4.78 is 15.2. The van der Waals surface area contributed by atoms with Gasteiger partial charge in [-0.15, -0.1) is 16.4 Å². The highest BCUT2D eigenvalue weighted by Gasteiger charge is 2.23. The van der Waals surface area contributed by atoms with Gasteiger partial charge in [-0.1, -0.05) is 6.92 Å². The van der Waals surface area contributed by atoms with Gasteiger partial charge in [0.1, 0.15) is 11.6 Å². The molecule has 9 nitrogen and oxygen atoms in total. The van der Waals surface area contributed by atoms with E-state index in [1.165, 1.54) is 28.4 Å². The number of imidazole rings is 1. The quantitative estimate of drug-likeness (QED) is 0.436. The number of aromatic nitrogens is 4. The maximum atomic E-state index is 13.3. The number of thiazole rings is 1. The minimum atomic E-state index is -0.884. The zero-order chi connectivity index (χ0) is 24.5. The SMILES string of the molecule is CCc1nc2ccc(N3CCCN(C(=O)O)CC3)nn2c1N(C)c1nc(-c2ccc(F)cc2)cs1. The minimum absolute atomic E-state index is 0.276. The number of hydrogen-bond acceptors (Lipinski definition) is 7. The first-order valence-electron chi connectivity index (χ1n) is 11.5. The number of rotatable bonds is 5. The van der Waals surface area contributed by atoms with Crippen LogP contribution in [0.1, 0.15) is 19.0 Å². The zero-order valence-corrected chi connectivity index (χ0v) is 20.4. The van der Waals surface area contributed by atoms with Gasteiger partial charge in [-0.3, -0.25) is 0 Å². The molecule has 5 rings (SSSR count). The van der Waals surface area contributed by atoms with Crippen LogP contribution in [0.25, 0.3) is 16.9 Å². The maximum absolute atomic E-state index is 13.3. The molecule has 1 aliphatic rings. The lowest BCUT2D eigenvalue weighted by Gasteiger charge is -2.22. The molecule has 0 aliphatic carbocycles. The molecule has 1 amide bonds. The highest BCUT2D eigenvalue weighted by atomic mass is 32.1. The van der Waals surface area contributed by atoms with Crippen LogP contribution >= 0.6 is 11.3 Å². The molecule has 0 unspecified atom stereocenters. The Morgan fingerprint density at radius 2 is 1.91 bits per heavy atom. The van der Waals surface area contributed by atoms with E-state index in [4.69, 9.17) is 15.1 Å². The van der Waals surface area contributed by atoms with Gasteiger partial charge >= 0.3 is 6.09 Å². The second kappa shape index (κ2) is 9.49. The van der Waals surface area contributed by atoms with Crippen molar-refractivity contribution in [3.8, 4) is 11.3 Å². The Hall–Kier alpha value is -3.73. The fourth-order valence-electron chi connectivity index (χ4n) is 4.30. The first kappa shape index (κ1) is 23.0. The first-order valence-corrected chi connectivity index (χ1v) is 12.4. The van der Waals surface area contributed by atoms with Crippen molar-refractivity contribution >= 4 is 39.8 Å². The summed E-state index contributed by atoms with van der Waals surface area (Å²) in [6.07, 6.45) is 0.588. The summed E-state index contributed by atoms with van der Waals surface area (Å²) in [5.41, 5.74) is 3.28. The van der Waals surface area contributed by atoms with Gasteiger partial charge in [0.15, 0.2) is 16.6 Å². The van der Waals surface area contributed by atoms with Gasteiger partial charge in [0.05, 0.1) is 11.4 Å². The third-order valence-corrected chi connectivity index (χ3v) is 7.09. The Morgan fingerprint density at radius 1 is 1.11 bits per heavy atom. The number of nitrogens with zero attached hydrogens (tertiary/aromatic N) is 7. The topological polar surface area (TPSA) is 90.1 Å². The van der Waals surface area contributed by atoms with E-state index in [0.29, 0.717) is 19.6 Å². The van der Waals surface area contributed by atoms with Gasteiger partial charge in [-0.2, -0.15) is 4.52 Å². The third-order valence-electron chi connectivity index (χ3n) is 6.17. The molecule has 1 saturated heterocycles. The Bertz CT molecular complexity index is 1350. The van der Waals surface area contributed by atoms with Crippen LogP contribution in [0.3, 0.4) is 0 Å². The smallest absolute Gasteiger partial charge is 0.407 e. The fraction of sp³-hybridized carbons (Fsp3) is 0.333. The lowest BCUT2D eigenvalue weighted by atomic mass is 10.2. The van der Waals surface area contributed by atoms with Crippen molar-refractivity contribution in [3.63, 3.8) is 0 Å². The fourth-order valence-corrected chi connectivity index (χ4v) is 5.10. The van der Waals surface area contributed by atoms with Crippen LogP contribution in [0.2, 0.25) is 0 Å². The molecule has 1 fully saturated rings. The van der Waals surface area contributed by atoms with E-state index in [9.17, 15) is 14.3 Å². The molecule has 11 heteroatoms. The molecule has 1 aromatic carbocycles. The van der Waals surface area contributed by atoms with Gasteiger partial charge in [-0.25, -0.2) is 19.2 Å². The van der Waals surface area contributed by atoms with Gasteiger partial charge in [0.2, 0.25) is 0 Å². The lowest BCUT2D eigenvalue weighted by molar-refractivity contribution is 0.148. The van der Waals surface area contributed by atoms with Crippen LogP contribution in [-0.4, -0.2) is 68.9 Å². The summed E-state index contributed by atoms with van der Waals surface area (Å²) in [6, 6.07) is 10.2. The summed E-state index contributed by atoms with van der Waals surface area (Å²) in [6.45, 7) is 4.33. The number of fused-ring (bicyclic) bond motifs is 1. The minimum Gasteiger partial charge on any atom is -0.465 e. The van der Waals surface area contributed by atoms with E-state index < -0.39 is 6.09 Å². The molecule has 0 bridgehead atoms. The van der Waals surface area contributed by atoms with Crippen molar-refractivity contribution in [3.05, 3.63) is 53.3 Å². The summed E-state index contributed by atoms with van der Waals surface area (Å²) in [5.74, 6) is 1.35. The second-order valence-corrected chi connectivity index (χ2v) is 9.23. The average molecular weight is 496 g/mol. The second-order valence-electron chi connectivity index (χ2n) is 8.39. The van der Waals surface area contributed by atoms with Crippen LogP contribution < -0.4 is 9.80 Å². The van der Waals surface area contributed by atoms with Crippen LogP contribution in [-0.2, 0) is 6.42 Å². The average Bonchev–Trinajstić information content (AvgIpc) is 3.41. The maximum Gasteiger partial charge on any atom is 0.407 e. The number of carboxylic acid groups (broad SMARTS) is 1. The molecule has 0 saturated carbocycles. The molecule has 182 valence electrons. The Balaban J connectivity index is 1.47. The largest absolute Gasteiger partial charge is 0.465 e. The van der Waals surface area contributed by atoms with E-state index >= 15 is 0 Å². The lowest BCUT2D eigenvalue weighted by Crippen LogP contribution is -2.34. The van der Waals surface area contributed by atoms with Crippen molar-refractivity contribution in [1.82, 2.24) is 24.5 Å². The molecule has 1 N–H and O–H groups in total. The van der Waals surface area contributed by atoms with Gasteiger partial charge in [0, 0.05) is 44.2 Å². The number of halogens is 1. The summed E-state index contributed by atoms with van der Waals surface area (Å²) in [4.78, 5) is 26.5. The monoisotopic (exact) mass is 495 g/mol. The van der Waals surface area contributed by atoms with Crippen LogP contribution in [0.15, 0.2) is 41.8 Å². The third kappa shape index (κ3) is 4.51. The van der Waals surface area contributed by atoms with Crippen molar-refractivity contribution in [2.75, 3.05) is 43.0 Å². The Kier molecular flexibility index (Phi) is 6.25. The molecule has 35 heavy (non-hydrogen) atoms. The highest BCUT2D eigenvalue weighted by molar-refractivity contribution is 7.14. The molecule has 3 aromatic heterocycles. The zero-order valence-electron chi connectivity index (χ0n) is 19.6. The normalized spacial score (nSPS) is 14.4. The molecular weight excluding hydrogens is 469 g/mol. The van der Waals surface area contributed by atoms with Gasteiger partial charge in [-0.05, 0) is 49.2 Å². The molecule has 4 heterocycles. The predicted molar refractivity (Wildman–Crippen MR) is 134 cm³/mol. The standard InChI is InChI=1S/C24H26FN7O2S/c1-3-18-22(29(2)23-27-19(15-35-23)16-5-7-17(25)8-6-16)32-20(26-18)9-10-21(28-32)30-11-4-12-31(14-13-30)24(33)34/h5-10,15H,3-4,11-14H2,1-2H3,(H,33,34). The first-order chi connectivity index (χ1) is 16.9. The highest BCUT2D eigenvalue weighted by Crippen LogP contribution is 2.33. The molecule has 0 atom stereocenters. The Labute approximate surface area is 206 Å². The number of anilines is 3. The number of amides is 1. The number of aryl methyl sites for hydroxylation is 1. The summed E-state index contributed by atoms with van der Waals surface area (Å²) in [7, 11) is 1.95. The van der Waals surface area contributed by atoms with Crippen LogP contribution in [0, 0.1) is 5.82 Å². The van der Waals surface area contributed by atoms with Crippen molar-refractivity contribution in [2.24, 2.45) is 0 Å². The van der Waals surface area contributed by atoms with E-state index in [-0.39, 0.29) is 5.82 Å². The molecular formula is C24H26FN7O2S. The van der Waals surface area contributed by atoms with E-state index in [1.54, 1.807) is 12.1 Å². The van der Waals surface area contributed by atoms with Crippen molar-refractivity contribution in [1.29, 1.82) is 0 Å². The van der Waals surface area contributed by atoms with Gasteiger partial charge in [0.25, 0.3) is 0 Å². The van der Waals surface area contributed by atoms with E-state index in [1.807, 2.05) is 34.0 Å². The van der Waals surface area contributed by atoms with Gasteiger partial charge < -0.3 is 19.8 Å². The van der Waals surface area contributed by atoms with Crippen LogP contribution in [0.5, 0.6) is 0 Å². The summed E-state index contributed by atoms with van der Waals surface area (Å²) in [5, 5.41) is 17.0. The molecule has 1 aliphatic heterocycles. The number of hydrogen-bond donors (Lipinski definition) is 1. The summed E-state index contributed by atoms with van der Waals surface area (Å²) >= 11 is 1.50. The van der Waals surface area contributed by atoms with Crippen molar-refractivity contribution < 1.29 is 14.3 Å². The Morgan fingerprint density at radius 3 is 2.66 bits per heavy atom. The van der Waals surface area contributed by atoms with E-state index in [0.717, 1.165) is 58.8 Å². The number of carbonyl (C=O) groups is 1. The van der Waals surface area contributed by atoms with E-state index in [2.05, 4.69) is 11.8 Å². The van der Waals surface area contributed by atoms with Crippen LogP contribution in [0.4, 0.5) is 26.0 Å². The predicted octanol–water partition coefficient (Wildman–Crippen LogP) is 4.51. The number of benzene rings is 1. The molecule has 0 spiro atoms. The molecule has 4 aromatic rings.